The Kier molecular flexibility index (Phi) is 4.34. The van der Waals surface area contributed by atoms with Crippen LogP contribution in [0, 0.1) is 10.1 Å². The van der Waals surface area contributed by atoms with Gasteiger partial charge in [-0.3, -0.25) is 14.9 Å². The Bertz CT molecular complexity index is 984. The molecule has 0 bridgehead atoms. The summed E-state index contributed by atoms with van der Waals surface area (Å²) in [5, 5.41) is 25.0. The average Bonchev–Trinajstić information content (AvgIpc) is 2.62. The smallest absolute Gasteiger partial charge is 0.271 e. The molecular weight excluding hydrogens is 324 g/mol. The molecule has 3 rings (SSSR count). The zero-order valence-corrected chi connectivity index (χ0v) is 12.8. The summed E-state index contributed by atoms with van der Waals surface area (Å²) in [5.74, 6) is -0.447. The van der Waals surface area contributed by atoms with Crippen LogP contribution < -0.4 is 5.43 Å². The quantitative estimate of drug-likeness (QED) is 0.431. The first-order valence-corrected chi connectivity index (χ1v) is 7.21. The number of amides is 1. The van der Waals surface area contributed by atoms with Crippen molar-refractivity contribution in [3.05, 3.63) is 76.0 Å². The molecule has 2 aromatic carbocycles. The maximum absolute atomic E-state index is 11.9. The van der Waals surface area contributed by atoms with Gasteiger partial charge < -0.3 is 5.11 Å². The third-order valence-electron chi connectivity index (χ3n) is 3.42. The Labute approximate surface area is 141 Å². The first-order valence-electron chi connectivity index (χ1n) is 7.21. The van der Waals surface area contributed by atoms with Crippen LogP contribution in [0.15, 0.2) is 59.7 Å². The van der Waals surface area contributed by atoms with E-state index in [-0.39, 0.29) is 17.0 Å². The third-order valence-corrected chi connectivity index (χ3v) is 3.42. The minimum Gasteiger partial charge on any atom is -0.506 e. The van der Waals surface area contributed by atoms with Gasteiger partial charge in [0.1, 0.15) is 11.3 Å². The minimum absolute atomic E-state index is 0.0580. The molecule has 0 radical (unpaired) electrons. The minimum atomic E-state index is -0.541. The fraction of sp³-hybridized carbons (Fsp3) is 0. The fourth-order valence-electron chi connectivity index (χ4n) is 2.17. The fourth-order valence-corrected chi connectivity index (χ4v) is 2.17. The predicted molar refractivity (Wildman–Crippen MR) is 91.6 cm³/mol. The molecule has 1 aromatic heterocycles. The number of hydrogen-bond acceptors (Lipinski definition) is 6. The highest BCUT2D eigenvalue weighted by molar-refractivity contribution is 5.95. The number of benzene rings is 2. The van der Waals surface area contributed by atoms with Gasteiger partial charge in [0.05, 0.1) is 16.8 Å². The Morgan fingerprint density at radius 2 is 1.92 bits per heavy atom. The number of nitrogens with zero attached hydrogens (tertiary/aromatic N) is 3. The summed E-state index contributed by atoms with van der Waals surface area (Å²) in [6.07, 6.45) is 1.34. The van der Waals surface area contributed by atoms with Gasteiger partial charge in [0.15, 0.2) is 0 Å². The standard InChI is InChI=1S/C17H12N4O4/c22-15-3-1-2-11-4-7-13(19-16(11)15)10-18-20-17(23)12-5-8-14(9-6-12)21(24)25/h1-10,22H,(H,20,23)/b18-10+. The largest absolute Gasteiger partial charge is 0.506 e. The van der Waals surface area contributed by atoms with E-state index in [1.165, 1.54) is 36.5 Å². The van der Waals surface area contributed by atoms with Crippen molar-refractivity contribution in [2.24, 2.45) is 5.10 Å². The maximum Gasteiger partial charge on any atom is 0.271 e. The van der Waals surface area contributed by atoms with Gasteiger partial charge in [0.2, 0.25) is 0 Å². The van der Waals surface area contributed by atoms with E-state index in [0.717, 1.165) is 5.39 Å². The summed E-state index contributed by atoms with van der Waals surface area (Å²) < 4.78 is 0. The van der Waals surface area contributed by atoms with Gasteiger partial charge in [-0.05, 0) is 24.3 Å². The molecule has 0 aliphatic carbocycles. The van der Waals surface area contributed by atoms with Crippen LogP contribution >= 0.6 is 0 Å². The number of para-hydroxylation sites is 1. The lowest BCUT2D eigenvalue weighted by Crippen LogP contribution is -2.17. The summed E-state index contributed by atoms with van der Waals surface area (Å²) in [6, 6.07) is 13.7. The van der Waals surface area contributed by atoms with Gasteiger partial charge in [0, 0.05) is 23.1 Å². The zero-order chi connectivity index (χ0) is 17.8. The van der Waals surface area contributed by atoms with E-state index >= 15 is 0 Å². The second kappa shape index (κ2) is 6.75. The van der Waals surface area contributed by atoms with Gasteiger partial charge >= 0.3 is 0 Å². The topological polar surface area (TPSA) is 118 Å². The van der Waals surface area contributed by atoms with Crippen molar-refractivity contribution in [1.82, 2.24) is 10.4 Å². The molecule has 1 amide bonds. The first kappa shape index (κ1) is 16.1. The van der Waals surface area contributed by atoms with Crippen LogP contribution in [0.5, 0.6) is 5.75 Å². The SMILES string of the molecule is O=C(N/N=C/c1ccc2cccc(O)c2n1)c1ccc([N+](=O)[O-])cc1. The number of hydrazone groups is 1. The summed E-state index contributed by atoms with van der Waals surface area (Å²) in [4.78, 5) is 26.2. The highest BCUT2D eigenvalue weighted by Gasteiger charge is 2.08. The second-order valence-electron chi connectivity index (χ2n) is 5.09. The Morgan fingerprint density at radius 3 is 2.64 bits per heavy atom. The molecule has 0 aliphatic rings. The number of nitro groups is 1. The van der Waals surface area contributed by atoms with Crippen LogP contribution in [0.1, 0.15) is 16.1 Å². The number of carbonyl (C=O) groups excluding carboxylic acids is 1. The van der Waals surface area contributed by atoms with E-state index in [0.29, 0.717) is 11.2 Å². The van der Waals surface area contributed by atoms with Crippen LogP contribution in [0.3, 0.4) is 0 Å². The van der Waals surface area contributed by atoms with Crippen molar-refractivity contribution in [3.8, 4) is 5.75 Å². The number of aromatic nitrogens is 1. The second-order valence-corrected chi connectivity index (χ2v) is 5.09. The Morgan fingerprint density at radius 1 is 1.16 bits per heavy atom. The molecule has 3 aromatic rings. The molecule has 0 saturated carbocycles. The zero-order valence-electron chi connectivity index (χ0n) is 12.8. The number of rotatable bonds is 4. The average molecular weight is 336 g/mol. The van der Waals surface area contributed by atoms with Crippen molar-refractivity contribution < 1.29 is 14.8 Å². The molecule has 2 N–H and O–H groups in total. The molecule has 0 unspecified atom stereocenters. The number of aromatic hydroxyl groups is 1. The molecule has 0 fully saturated rings. The van der Waals surface area contributed by atoms with Crippen molar-refractivity contribution in [1.29, 1.82) is 0 Å². The van der Waals surface area contributed by atoms with Crippen LogP contribution in [0.25, 0.3) is 10.9 Å². The van der Waals surface area contributed by atoms with E-state index < -0.39 is 10.8 Å². The summed E-state index contributed by atoms with van der Waals surface area (Å²) in [7, 11) is 0. The lowest BCUT2D eigenvalue weighted by atomic mass is 10.2. The van der Waals surface area contributed by atoms with Crippen molar-refractivity contribution in [2.45, 2.75) is 0 Å². The van der Waals surface area contributed by atoms with E-state index in [2.05, 4.69) is 15.5 Å². The molecular formula is C17H12N4O4. The van der Waals surface area contributed by atoms with Gasteiger partial charge in [-0.25, -0.2) is 10.4 Å². The number of phenols is 1. The Hall–Kier alpha value is -3.81. The molecule has 0 saturated heterocycles. The monoisotopic (exact) mass is 336 g/mol. The van der Waals surface area contributed by atoms with E-state index in [1.807, 2.05) is 6.07 Å². The van der Waals surface area contributed by atoms with Crippen LogP contribution in [-0.4, -0.2) is 27.1 Å². The number of nitrogens with one attached hydrogen (secondary N) is 1. The molecule has 8 nitrogen and oxygen atoms in total. The number of non-ortho nitro benzene ring substituents is 1. The summed E-state index contributed by atoms with van der Waals surface area (Å²) in [6.45, 7) is 0. The summed E-state index contributed by atoms with van der Waals surface area (Å²) in [5.41, 5.74) is 3.36. The number of fused-ring (bicyclic) bond motifs is 1. The first-order chi connectivity index (χ1) is 12.0. The van der Waals surface area contributed by atoms with E-state index in [9.17, 15) is 20.0 Å². The van der Waals surface area contributed by atoms with E-state index in [1.54, 1.807) is 18.2 Å². The molecule has 8 heteroatoms. The maximum atomic E-state index is 11.9. The van der Waals surface area contributed by atoms with Crippen molar-refractivity contribution >= 4 is 28.7 Å². The van der Waals surface area contributed by atoms with Crippen LogP contribution in [0.2, 0.25) is 0 Å². The predicted octanol–water partition coefficient (Wildman–Crippen LogP) is 2.61. The Balaban J connectivity index is 1.71. The molecule has 25 heavy (non-hydrogen) atoms. The molecule has 0 atom stereocenters. The number of phenolic OH excluding ortho intramolecular Hbond substituents is 1. The van der Waals surface area contributed by atoms with Gasteiger partial charge in [-0.1, -0.05) is 18.2 Å². The van der Waals surface area contributed by atoms with Crippen molar-refractivity contribution in [3.63, 3.8) is 0 Å². The molecule has 1 heterocycles. The number of carbonyl (C=O) groups is 1. The molecule has 0 spiro atoms. The van der Waals surface area contributed by atoms with Gasteiger partial charge in [-0.2, -0.15) is 5.10 Å². The number of nitro benzene ring substituents is 1. The molecule has 124 valence electrons. The highest BCUT2D eigenvalue weighted by atomic mass is 16.6. The lowest BCUT2D eigenvalue weighted by Gasteiger charge is -2.01. The number of hydrogen-bond donors (Lipinski definition) is 2. The third kappa shape index (κ3) is 3.58. The van der Waals surface area contributed by atoms with Gasteiger partial charge in [0.25, 0.3) is 11.6 Å². The van der Waals surface area contributed by atoms with Crippen LogP contribution in [0.4, 0.5) is 5.69 Å². The summed E-state index contributed by atoms with van der Waals surface area (Å²) >= 11 is 0. The lowest BCUT2D eigenvalue weighted by molar-refractivity contribution is -0.384. The van der Waals surface area contributed by atoms with E-state index in [4.69, 9.17) is 0 Å². The molecule has 0 aliphatic heterocycles. The van der Waals surface area contributed by atoms with Gasteiger partial charge in [-0.15, -0.1) is 0 Å². The van der Waals surface area contributed by atoms with Crippen molar-refractivity contribution in [2.75, 3.05) is 0 Å². The van der Waals surface area contributed by atoms with Crippen LogP contribution in [-0.2, 0) is 0 Å². The highest BCUT2D eigenvalue weighted by Crippen LogP contribution is 2.21. The number of pyridine rings is 1. The normalized spacial score (nSPS) is 10.9.